The molecule has 1 aromatic rings. The lowest BCUT2D eigenvalue weighted by molar-refractivity contribution is -0.155. The predicted molar refractivity (Wildman–Crippen MR) is 61.1 cm³/mol. The molecule has 0 unspecified atom stereocenters. The first kappa shape index (κ1) is 12.7. The molecule has 86 valence electrons. The Morgan fingerprint density at radius 1 is 1.06 bits per heavy atom. The number of rotatable bonds is 3. The Morgan fingerprint density at radius 2 is 1.50 bits per heavy atom. The van der Waals surface area contributed by atoms with Gasteiger partial charge in [-0.05, 0) is 5.56 Å². The maximum absolute atomic E-state index is 11.7. The number of esters is 2. The summed E-state index contributed by atoms with van der Waals surface area (Å²) >= 11 is 3.10. The fourth-order valence-corrected chi connectivity index (χ4v) is 1.86. The molecule has 0 aliphatic heterocycles. The maximum Gasteiger partial charge on any atom is 0.338 e. The summed E-state index contributed by atoms with van der Waals surface area (Å²) in [6.45, 7) is 0. The number of carbonyl (C=O) groups is 2. The second-order valence-corrected chi connectivity index (χ2v) is 4.20. The third-order valence-electron chi connectivity index (χ3n) is 2.10. The number of hydrogen-bond donors (Lipinski definition) is 0. The quantitative estimate of drug-likeness (QED) is 0.481. The molecule has 16 heavy (non-hydrogen) atoms. The van der Waals surface area contributed by atoms with E-state index >= 15 is 0 Å². The van der Waals surface area contributed by atoms with Crippen molar-refractivity contribution in [2.24, 2.45) is 0 Å². The third kappa shape index (κ3) is 2.09. The number of ether oxygens (including phenoxy) is 2. The summed E-state index contributed by atoms with van der Waals surface area (Å²) in [7, 11) is 2.43. The summed E-state index contributed by atoms with van der Waals surface area (Å²) < 4.78 is 7.61. The Labute approximate surface area is 102 Å². The van der Waals surface area contributed by atoms with E-state index in [2.05, 4.69) is 25.4 Å². The van der Waals surface area contributed by atoms with Gasteiger partial charge in [0.25, 0.3) is 0 Å². The molecule has 0 aliphatic rings. The van der Waals surface area contributed by atoms with Gasteiger partial charge in [0, 0.05) is 0 Å². The zero-order valence-electron chi connectivity index (χ0n) is 8.90. The van der Waals surface area contributed by atoms with Crippen LogP contribution in [0.25, 0.3) is 0 Å². The smallest absolute Gasteiger partial charge is 0.338 e. The molecule has 0 spiro atoms. The van der Waals surface area contributed by atoms with E-state index in [4.69, 9.17) is 0 Å². The molecular weight excluding hydrogens is 276 g/mol. The summed E-state index contributed by atoms with van der Waals surface area (Å²) in [5.74, 6) is -1.43. The van der Waals surface area contributed by atoms with Gasteiger partial charge in [0.05, 0.1) is 14.2 Å². The zero-order valence-corrected chi connectivity index (χ0v) is 10.5. The molecule has 0 heterocycles. The van der Waals surface area contributed by atoms with Gasteiger partial charge in [0.15, 0.2) is 0 Å². The lowest BCUT2D eigenvalue weighted by Gasteiger charge is -2.21. The largest absolute Gasteiger partial charge is 0.467 e. The topological polar surface area (TPSA) is 52.6 Å². The van der Waals surface area contributed by atoms with Crippen molar-refractivity contribution in [3.63, 3.8) is 0 Å². The van der Waals surface area contributed by atoms with Crippen LogP contribution in [-0.4, -0.2) is 26.2 Å². The van der Waals surface area contributed by atoms with Crippen LogP contribution in [0.3, 0.4) is 0 Å². The van der Waals surface area contributed by atoms with Gasteiger partial charge in [-0.1, -0.05) is 46.3 Å². The summed E-state index contributed by atoms with van der Waals surface area (Å²) in [6, 6.07) is 8.51. The number of benzene rings is 1. The summed E-state index contributed by atoms with van der Waals surface area (Å²) in [6.07, 6.45) is 0. The van der Waals surface area contributed by atoms with Crippen LogP contribution in [0.2, 0.25) is 0 Å². The minimum atomic E-state index is -1.60. The highest BCUT2D eigenvalue weighted by atomic mass is 79.9. The summed E-state index contributed by atoms with van der Waals surface area (Å²) in [5.41, 5.74) is 0.466. The molecule has 1 rings (SSSR count). The average molecular weight is 287 g/mol. The summed E-state index contributed by atoms with van der Waals surface area (Å²) in [5, 5.41) is 0. The highest BCUT2D eigenvalue weighted by Crippen LogP contribution is 2.34. The minimum absolute atomic E-state index is 0.466. The molecule has 1 aromatic carbocycles. The minimum Gasteiger partial charge on any atom is -0.467 e. The number of carbonyl (C=O) groups excluding carboxylic acids is 2. The molecule has 0 N–H and O–H groups in total. The van der Waals surface area contributed by atoms with Crippen molar-refractivity contribution in [1.29, 1.82) is 0 Å². The van der Waals surface area contributed by atoms with Crippen LogP contribution in [0, 0.1) is 0 Å². The molecule has 0 bridgehead atoms. The lowest BCUT2D eigenvalue weighted by Crippen LogP contribution is -2.39. The Bertz CT molecular complexity index is 372. The molecule has 0 atom stereocenters. The van der Waals surface area contributed by atoms with Crippen molar-refractivity contribution in [2.45, 2.75) is 4.32 Å². The second-order valence-electron chi connectivity index (χ2n) is 3.01. The van der Waals surface area contributed by atoms with Crippen molar-refractivity contribution in [3.8, 4) is 0 Å². The third-order valence-corrected chi connectivity index (χ3v) is 3.21. The molecular formula is C11H11BrO4. The first-order chi connectivity index (χ1) is 7.57. The van der Waals surface area contributed by atoms with Gasteiger partial charge in [-0.15, -0.1) is 0 Å². The van der Waals surface area contributed by atoms with Gasteiger partial charge in [-0.3, -0.25) is 0 Å². The highest BCUT2D eigenvalue weighted by molar-refractivity contribution is 9.10. The van der Waals surface area contributed by atoms with Gasteiger partial charge < -0.3 is 9.47 Å². The SMILES string of the molecule is COC(=O)C(Br)(C(=O)OC)c1ccccc1. The molecule has 4 nitrogen and oxygen atoms in total. The Hall–Kier alpha value is -1.36. The van der Waals surface area contributed by atoms with Crippen LogP contribution in [0.1, 0.15) is 5.56 Å². The van der Waals surface area contributed by atoms with E-state index in [0.717, 1.165) is 0 Å². The normalized spacial score (nSPS) is 10.7. The molecule has 0 aromatic heterocycles. The van der Waals surface area contributed by atoms with Gasteiger partial charge in [0.2, 0.25) is 4.32 Å². The van der Waals surface area contributed by atoms with Gasteiger partial charge >= 0.3 is 11.9 Å². The number of halogens is 1. The van der Waals surface area contributed by atoms with Crippen molar-refractivity contribution >= 4 is 27.9 Å². The van der Waals surface area contributed by atoms with Gasteiger partial charge in [-0.25, -0.2) is 9.59 Å². The standard InChI is InChI=1S/C11H11BrO4/c1-15-9(13)11(12,10(14)16-2)8-6-4-3-5-7-8/h3-7H,1-2H3. The Kier molecular flexibility index (Phi) is 4.06. The van der Waals surface area contributed by atoms with E-state index in [-0.39, 0.29) is 0 Å². The predicted octanol–water partition coefficient (Wildman–Crippen LogP) is 1.62. The fourth-order valence-electron chi connectivity index (χ4n) is 1.27. The fraction of sp³-hybridized carbons (Fsp3) is 0.273. The van der Waals surface area contributed by atoms with Crippen LogP contribution in [0.5, 0.6) is 0 Å². The van der Waals surface area contributed by atoms with Gasteiger partial charge in [0.1, 0.15) is 0 Å². The first-order valence-corrected chi connectivity index (χ1v) is 5.28. The molecule has 0 radical (unpaired) electrons. The van der Waals surface area contributed by atoms with Crippen LogP contribution in [0.4, 0.5) is 0 Å². The van der Waals surface area contributed by atoms with Crippen LogP contribution in [0.15, 0.2) is 30.3 Å². The number of alkyl halides is 1. The summed E-state index contributed by atoms with van der Waals surface area (Å²) in [4.78, 5) is 23.3. The second kappa shape index (κ2) is 5.12. The van der Waals surface area contributed by atoms with Crippen LogP contribution >= 0.6 is 15.9 Å². The van der Waals surface area contributed by atoms with Gasteiger partial charge in [-0.2, -0.15) is 0 Å². The monoisotopic (exact) mass is 286 g/mol. The Balaban J connectivity index is 3.26. The van der Waals surface area contributed by atoms with Crippen molar-refractivity contribution in [3.05, 3.63) is 35.9 Å². The van der Waals surface area contributed by atoms with Crippen LogP contribution < -0.4 is 0 Å². The zero-order chi connectivity index (χ0) is 12.2. The molecule has 0 amide bonds. The first-order valence-electron chi connectivity index (χ1n) is 4.48. The van der Waals surface area contributed by atoms with E-state index in [0.29, 0.717) is 5.56 Å². The molecule has 0 fully saturated rings. The van der Waals surface area contributed by atoms with Crippen molar-refractivity contribution in [2.75, 3.05) is 14.2 Å². The van der Waals surface area contributed by atoms with E-state index in [1.807, 2.05) is 0 Å². The number of methoxy groups -OCH3 is 2. The molecule has 5 heteroatoms. The molecule has 0 aliphatic carbocycles. The maximum atomic E-state index is 11.7. The van der Waals surface area contributed by atoms with Crippen molar-refractivity contribution < 1.29 is 19.1 Å². The number of hydrogen-bond acceptors (Lipinski definition) is 4. The van der Waals surface area contributed by atoms with E-state index in [1.165, 1.54) is 14.2 Å². The molecule has 0 saturated heterocycles. The van der Waals surface area contributed by atoms with Crippen molar-refractivity contribution in [1.82, 2.24) is 0 Å². The van der Waals surface area contributed by atoms with E-state index in [9.17, 15) is 9.59 Å². The highest BCUT2D eigenvalue weighted by Gasteiger charge is 2.47. The average Bonchev–Trinajstić information content (AvgIpc) is 2.36. The van der Waals surface area contributed by atoms with E-state index in [1.54, 1.807) is 30.3 Å². The Morgan fingerprint density at radius 3 is 1.88 bits per heavy atom. The lowest BCUT2D eigenvalue weighted by atomic mass is 9.99. The van der Waals surface area contributed by atoms with E-state index < -0.39 is 16.3 Å². The molecule has 0 saturated carbocycles. The van der Waals surface area contributed by atoms with Crippen LogP contribution in [-0.2, 0) is 23.4 Å².